The molecule has 2 aromatic rings. The molecule has 1 aromatic carbocycles. The highest BCUT2D eigenvalue weighted by Crippen LogP contribution is 2.26. The van der Waals surface area contributed by atoms with E-state index in [0.29, 0.717) is 17.2 Å². The van der Waals surface area contributed by atoms with Gasteiger partial charge in [-0.1, -0.05) is 11.6 Å². The molecule has 0 amide bonds. The number of halogens is 2. The van der Waals surface area contributed by atoms with Crippen LogP contribution in [0, 0.1) is 12.7 Å². The van der Waals surface area contributed by atoms with Crippen molar-refractivity contribution in [3.8, 4) is 11.6 Å². The molecule has 5 nitrogen and oxygen atoms in total. The smallest absolute Gasteiger partial charge is 0.240 e. The van der Waals surface area contributed by atoms with Crippen LogP contribution in [-0.2, 0) is 0 Å². The molecule has 18 heavy (non-hydrogen) atoms. The summed E-state index contributed by atoms with van der Waals surface area (Å²) in [5.41, 5.74) is 3.00. The maximum atomic E-state index is 13.3. The average molecular weight is 269 g/mol. The standard InChI is InChI=1S/C11H10ClFN4O/c1-6-5-15-11(17-14)16-10(6)18-7-2-3-8(12)9(13)4-7/h2-5H,14H2,1H3,(H,15,16,17). The third-order valence-electron chi connectivity index (χ3n) is 2.16. The van der Waals surface area contributed by atoms with Crippen LogP contribution in [0.2, 0.25) is 5.02 Å². The van der Waals surface area contributed by atoms with Gasteiger partial charge in [0.2, 0.25) is 11.8 Å². The molecule has 0 unspecified atom stereocenters. The first-order chi connectivity index (χ1) is 8.60. The first kappa shape index (κ1) is 12.5. The van der Waals surface area contributed by atoms with Crippen molar-refractivity contribution in [1.82, 2.24) is 9.97 Å². The number of hydrogen-bond donors (Lipinski definition) is 2. The van der Waals surface area contributed by atoms with Crippen molar-refractivity contribution >= 4 is 17.5 Å². The minimum absolute atomic E-state index is 0.0334. The van der Waals surface area contributed by atoms with Gasteiger partial charge in [0.25, 0.3) is 0 Å². The zero-order valence-electron chi connectivity index (χ0n) is 9.45. The number of nitrogen functional groups attached to an aromatic ring is 1. The van der Waals surface area contributed by atoms with Gasteiger partial charge >= 0.3 is 0 Å². The molecule has 94 valence electrons. The van der Waals surface area contributed by atoms with E-state index in [0.717, 1.165) is 0 Å². The van der Waals surface area contributed by atoms with Gasteiger partial charge in [0, 0.05) is 17.8 Å². The van der Waals surface area contributed by atoms with Gasteiger partial charge < -0.3 is 4.74 Å². The van der Waals surface area contributed by atoms with E-state index in [-0.39, 0.29) is 11.0 Å². The molecular weight excluding hydrogens is 259 g/mol. The summed E-state index contributed by atoms with van der Waals surface area (Å²) in [5, 5.41) is 0.0334. The van der Waals surface area contributed by atoms with Crippen molar-refractivity contribution < 1.29 is 9.13 Å². The minimum Gasteiger partial charge on any atom is -0.438 e. The molecule has 0 atom stereocenters. The Hall–Kier alpha value is -1.92. The lowest BCUT2D eigenvalue weighted by molar-refractivity contribution is 0.453. The Labute approximate surface area is 108 Å². The quantitative estimate of drug-likeness (QED) is 0.661. The number of aryl methyl sites for hydroxylation is 1. The number of rotatable bonds is 3. The van der Waals surface area contributed by atoms with E-state index in [1.807, 2.05) is 0 Å². The molecule has 0 saturated heterocycles. The van der Waals surface area contributed by atoms with Gasteiger partial charge in [-0.05, 0) is 19.1 Å². The van der Waals surface area contributed by atoms with Gasteiger partial charge in [-0.2, -0.15) is 4.98 Å². The molecule has 7 heteroatoms. The summed E-state index contributed by atoms with van der Waals surface area (Å²) in [5.74, 6) is 5.44. The predicted molar refractivity (Wildman–Crippen MR) is 66.1 cm³/mol. The Kier molecular flexibility index (Phi) is 3.59. The molecule has 2 rings (SSSR count). The van der Waals surface area contributed by atoms with Crippen LogP contribution >= 0.6 is 11.6 Å². The molecule has 0 spiro atoms. The van der Waals surface area contributed by atoms with Crippen LogP contribution in [0.5, 0.6) is 11.6 Å². The van der Waals surface area contributed by atoms with E-state index >= 15 is 0 Å². The number of aromatic nitrogens is 2. The van der Waals surface area contributed by atoms with E-state index in [2.05, 4.69) is 15.4 Å². The van der Waals surface area contributed by atoms with Gasteiger partial charge in [-0.15, -0.1) is 0 Å². The molecule has 3 N–H and O–H groups in total. The zero-order chi connectivity index (χ0) is 13.1. The van der Waals surface area contributed by atoms with Gasteiger partial charge in [-0.3, -0.25) is 5.43 Å². The molecular formula is C11H10ClFN4O. The van der Waals surface area contributed by atoms with Gasteiger partial charge in [-0.25, -0.2) is 15.2 Å². The fourth-order valence-electron chi connectivity index (χ4n) is 1.25. The van der Waals surface area contributed by atoms with E-state index < -0.39 is 5.82 Å². The number of nitrogens with two attached hydrogens (primary N) is 1. The molecule has 0 saturated carbocycles. The molecule has 0 fully saturated rings. The van der Waals surface area contributed by atoms with E-state index in [1.165, 1.54) is 12.1 Å². The Morgan fingerprint density at radius 3 is 2.89 bits per heavy atom. The predicted octanol–water partition coefficient (Wildman–Crippen LogP) is 2.66. The number of nitrogens with one attached hydrogen (secondary N) is 1. The molecule has 0 aliphatic carbocycles. The van der Waals surface area contributed by atoms with Crippen LogP contribution in [0.15, 0.2) is 24.4 Å². The molecule has 0 aliphatic rings. The lowest BCUT2D eigenvalue weighted by atomic mass is 10.3. The Bertz CT molecular complexity index is 579. The van der Waals surface area contributed by atoms with Crippen molar-refractivity contribution in [1.29, 1.82) is 0 Å². The summed E-state index contributed by atoms with van der Waals surface area (Å²) < 4.78 is 18.7. The highest BCUT2D eigenvalue weighted by molar-refractivity contribution is 6.30. The normalized spacial score (nSPS) is 10.2. The lowest BCUT2D eigenvalue weighted by Gasteiger charge is -2.08. The maximum Gasteiger partial charge on any atom is 0.240 e. The molecule has 0 radical (unpaired) electrons. The number of hydrazine groups is 1. The van der Waals surface area contributed by atoms with Crippen molar-refractivity contribution in [3.63, 3.8) is 0 Å². The summed E-state index contributed by atoms with van der Waals surface area (Å²) in [6.07, 6.45) is 1.55. The fourth-order valence-corrected chi connectivity index (χ4v) is 1.37. The van der Waals surface area contributed by atoms with Crippen molar-refractivity contribution in [3.05, 3.63) is 40.8 Å². The van der Waals surface area contributed by atoms with Gasteiger partial charge in [0.15, 0.2) is 0 Å². The molecule has 0 aliphatic heterocycles. The first-order valence-corrected chi connectivity index (χ1v) is 5.41. The van der Waals surface area contributed by atoms with Gasteiger partial charge in [0.1, 0.15) is 11.6 Å². The topological polar surface area (TPSA) is 73.1 Å². The molecule has 1 heterocycles. The third-order valence-corrected chi connectivity index (χ3v) is 2.47. The van der Waals surface area contributed by atoms with Crippen LogP contribution in [0.1, 0.15) is 5.56 Å². The minimum atomic E-state index is -0.557. The van der Waals surface area contributed by atoms with Crippen molar-refractivity contribution in [2.45, 2.75) is 6.92 Å². The summed E-state index contributed by atoms with van der Waals surface area (Å²) >= 11 is 5.58. The Morgan fingerprint density at radius 2 is 2.22 bits per heavy atom. The SMILES string of the molecule is Cc1cnc(NN)nc1Oc1ccc(Cl)c(F)c1. The largest absolute Gasteiger partial charge is 0.438 e. The fraction of sp³-hybridized carbons (Fsp3) is 0.0909. The van der Waals surface area contributed by atoms with Crippen LogP contribution in [0.3, 0.4) is 0 Å². The Morgan fingerprint density at radius 1 is 1.44 bits per heavy atom. The van der Waals surface area contributed by atoms with Crippen LogP contribution in [0.4, 0.5) is 10.3 Å². The number of anilines is 1. The number of nitrogens with zero attached hydrogens (tertiary/aromatic N) is 2. The summed E-state index contributed by atoms with van der Waals surface area (Å²) in [7, 11) is 0. The highest BCUT2D eigenvalue weighted by Gasteiger charge is 2.08. The highest BCUT2D eigenvalue weighted by atomic mass is 35.5. The van der Waals surface area contributed by atoms with E-state index in [4.69, 9.17) is 22.2 Å². The maximum absolute atomic E-state index is 13.3. The second kappa shape index (κ2) is 5.16. The van der Waals surface area contributed by atoms with E-state index in [1.54, 1.807) is 19.2 Å². The average Bonchev–Trinajstić information content (AvgIpc) is 2.36. The summed E-state index contributed by atoms with van der Waals surface area (Å²) in [6.45, 7) is 1.77. The summed E-state index contributed by atoms with van der Waals surface area (Å²) in [4.78, 5) is 7.92. The second-order valence-corrected chi connectivity index (χ2v) is 3.91. The van der Waals surface area contributed by atoms with Crippen LogP contribution in [-0.4, -0.2) is 9.97 Å². The monoisotopic (exact) mass is 268 g/mol. The van der Waals surface area contributed by atoms with Crippen LogP contribution in [0.25, 0.3) is 0 Å². The van der Waals surface area contributed by atoms with Crippen LogP contribution < -0.4 is 16.0 Å². The van der Waals surface area contributed by atoms with Crippen molar-refractivity contribution in [2.24, 2.45) is 5.84 Å². The third kappa shape index (κ3) is 2.66. The molecule has 0 bridgehead atoms. The number of benzene rings is 1. The number of hydrogen-bond acceptors (Lipinski definition) is 5. The Balaban J connectivity index is 2.30. The first-order valence-electron chi connectivity index (χ1n) is 5.03. The summed E-state index contributed by atoms with van der Waals surface area (Å²) in [6, 6.07) is 4.13. The lowest BCUT2D eigenvalue weighted by Crippen LogP contribution is -2.11. The van der Waals surface area contributed by atoms with E-state index in [9.17, 15) is 4.39 Å². The van der Waals surface area contributed by atoms with Gasteiger partial charge in [0.05, 0.1) is 5.02 Å². The zero-order valence-corrected chi connectivity index (χ0v) is 10.2. The van der Waals surface area contributed by atoms with Crippen molar-refractivity contribution in [2.75, 3.05) is 5.43 Å². The number of ether oxygens (including phenoxy) is 1. The molecule has 1 aromatic heterocycles. The second-order valence-electron chi connectivity index (χ2n) is 3.50.